The van der Waals surface area contributed by atoms with Crippen molar-refractivity contribution in [1.82, 2.24) is 5.32 Å². The summed E-state index contributed by atoms with van der Waals surface area (Å²) >= 11 is 0. The second kappa shape index (κ2) is 30.8. The van der Waals surface area contributed by atoms with Gasteiger partial charge in [0.2, 0.25) is 0 Å². The lowest BCUT2D eigenvalue weighted by Crippen LogP contribution is -2.46. The van der Waals surface area contributed by atoms with Crippen LogP contribution in [0.4, 0.5) is 0 Å². The monoisotopic (exact) mass is 555 g/mol. The van der Waals surface area contributed by atoms with Crippen molar-refractivity contribution in [3.05, 3.63) is 0 Å². The van der Waals surface area contributed by atoms with Crippen molar-refractivity contribution in [2.75, 3.05) is 13.2 Å². The van der Waals surface area contributed by atoms with Crippen molar-refractivity contribution < 1.29 is 9.84 Å². The fourth-order valence-corrected chi connectivity index (χ4v) is 5.78. The molecule has 0 saturated heterocycles. The molecule has 0 rings (SSSR count). The fraction of sp³-hybridized carbons (Fsp3) is 1.00. The zero-order chi connectivity index (χ0) is 28.8. The molecule has 0 aromatic rings. The van der Waals surface area contributed by atoms with Crippen molar-refractivity contribution >= 4 is 0 Å². The normalized spacial score (nSPS) is 14.9. The van der Waals surface area contributed by atoms with E-state index in [9.17, 15) is 5.11 Å². The predicted octanol–water partition coefficient (Wildman–Crippen LogP) is 10.1. The van der Waals surface area contributed by atoms with Crippen molar-refractivity contribution in [3.63, 3.8) is 0 Å². The first kappa shape index (κ1) is 38.8. The molecular weight excluding hydrogens is 480 g/mol. The number of nitrogens with two attached hydrogens (primary N) is 1. The van der Waals surface area contributed by atoms with Crippen molar-refractivity contribution in [2.24, 2.45) is 11.7 Å². The van der Waals surface area contributed by atoms with Crippen LogP contribution in [0.3, 0.4) is 0 Å². The molecule has 4 atom stereocenters. The summed E-state index contributed by atoms with van der Waals surface area (Å²) < 4.78 is 6.49. The van der Waals surface area contributed by atoms with E-state index in [4.69, 9.17) is 10.5 Å². The van der Waals surface area contributed by atoms with E-state index in [1.807, 2.05) is 0 Å². The Morgan fingerprint density at radius 1 is 0.590 bits per heavy atom. The highest BCUT2D eigenvalue weighted by atomic mass is 16.5. The lowest BCUT2D eigenvalue weighted by atomic mass is 9.94. The van der Waals surface area contributed by atoms with Crippen LogP contribution in [0.1, 0.15) is 188 Å². The summed E-state index contributed by atoms with van der Waals surface area (Å²) in [4.78, 5) is 0. The number of rotatable bonds is 32. The SMILES string of the molecule is CCCCCCCCCCCCCCCC[C@@H](C)[C@H](CO)NC(CC)OC(CCN)CCCCCCCCC. The smallest absolute Gasteiger partial charge is 0.108 e. The van der Waals surface area contributed by atoms with E-state index in [0.29, 0.717) is 12.5 Å². The van der Waals surface area contributed by atoms with Crippen LogP contribution in [0.15, 0.2) is 0 Å². The van der Waals surface area contributed by atoms with Crippen LogP contribution in [0.2, 0.25) is 0 Å². The lowest BCUT2D eigenvalue weighted by Gasteiger charge is -2.31. The third kappa shape index (κ3) is 25.3. The summed E-state index contributed by atoms with van der Waals surface area (Å²) in [5, 5.41) is 13.8. The quantitative estimate of drug-likeness (QED) is 0.0571. The maximum atomic E-state index is 10.1. The van der Waals surface area contributed by atoms with Crippen LogP contribution < -0.4 is 11.1 Å². The maximum Gasteiger partial charge on any atom is 0.108 e. The van der Waals surface area contributed by atoms with Gasteiger partial charge in [0, 0.05) is 6.04 Å². The Kier molecular flexibility index (Phi) is 30.7. The molecule has 39 heavy (non-hydrogen) atoms. The van der Waals surface area contributed by atoms with Gasteiger partial charge in [-0.2, -0.15) is 0 Å². The van der Waals surface area contributed by atoms with Crippen LogP contribution in [0.25, 0.3) is 0 Å². The minimum absolute atomic E-state index is 0.00189. The molecule has 0 aromatic carbocycles. The number of hydrogen-bond donors (Lipinski definition) is 3. The molecule has 0 aliphatic carbocycles. The first-order valence-corrected chi connectivity index (χ1v) is 17.8. The number of nitrogens with one attached hydrogen (secondary N) is 1. The molecular formula is C35H74N2O2. The van der Waals surface area contributed by atoms with Gasteiger partial charge in [-0.15, -0.1) is 0 Å². The molecule has 0 spiro atoms. The minimum Gasteiger partial charge on any atom is -0.395 e. The van der Waals surface area contributed by atoms with Gasteiger partial charge in [-0.3, -0.25) is 5.32 Å². The van der Waals surface area contributed by atoms with Gasteiger partial charge in [0.1, 0.15) is 6.23 Å². The lowest BCUT2D eigenvalue weighted by molar-refractivity contribution is -0.0513. The molecule has 0 aliphatic heterocycles. The van der Waals surface area contributed by atoms with Gasteiger partial charge in [-0.05, 0) is 38.1 Å². The average molecular weight is 555 g/mol. The van der Waals surface area contributed by atoms with Gasteiger partial charge >= 0.3 is 0 Å². The van der Waals surface area contributed by atoms with E-state index in [-0.39, 0.29) is 25.0 Å². The molecule has 0 aromatic heterocycles. The average Bonchev–Trinajstić information content (AvgIpc) is 2.94. The molecule has 0 aliphatic rings. The summed E-state index contributed by atoms with van der Waals surface area (Å²) in [5.74, 6) is 0.459. The molecule has 4 heteroatoms. The van der Waals surface area contributed by atoms with E-state index in [1.165, 1.54) is 141 Å². The van der Waals surface area contributed by atoms with Crippen LogP contribution in [0.5, 0.6) is 0 Å². The van der Waals surface area contributed by atoms with E-state index < -0.39 is 0 Å². The Morgan fingerprint density at radius 3 is 1.38 bits per heavy atom. The van der Waals surface area contributed by atoms with Crippen LogP contribution >= 0.6 is 0 Å². The molecule has 0 radical (unpaired) electrons. The van der Waals surface area contributed by atoms with Crippen LogP contribution in [0, 0.1) is 5.92 Å². The summed E-state index contributed by atoms with van der Waals surface area (Å²) in [6.07, 6.45) is 33.2. The summed E-state index contributed by atoms with van der Waals surface area (Å²) in [5.41, 5.74) is 5.91. The van der Waals surface area contributed by atoms with Crippen molar-refractivity contribution in [1.29, 1.82) is 0 Å². The van der Waals surface area contributed by atoms with E-state index in [1.54, 1.807) is 0 Å². The number of ether oxygens (including phenoxy) is 1. The van der Waals surface area contributed by atoms with Crippen LogP contribution in [-0.2, 0) is 4.74 Å². The molecule has 236 valence electrons. The highest BCUT2D eigenvalue weighted by molar-refractivity contribution is 4.75. The molecule has 0 bridgehead atoms. The molecule has 4 N–H and O–H groups in total. The minimum atomic E-state index is 0.00189. The fourth-order valence-electron chi connectivity index (χ4n) is 5.78. The predicted molar refractivity (Wildman–Crippen MR) is 173 cm³/mol. The summed E-state index contributed by atoms with van der Waals surface area (Å²) in [6.45, 7) is 9.89. The summed E-state index contributed by atoms with van der Waals surface area (Å²) in [6, 6.07) is 0.106. The van der Waals surface area contributed by atoms with Gasteiger partial charge in [0.15, 0.2) is 0 Å². The zero-order valence-corrected chi connectivity index (χ0v) is 27.3. The highest BCUT2D eigenvalue weighted by Gasteiger charge is 2.22. The van der Waals surface area contributed by atoms with Gasteiger partial charge in [-0.25, -0.2) is 0 Å². The summed E-state index contributed by atoms with van der Waals surface area (Å²) in [7, 11) is 0. The Hall–Kier alpha value is -0.160. The Labute approximate surface area is 246 Å². The topological polar surface area (TPSA) is 67.5 Å². The molecule has 4 nitrogen and oxygen atoms in total. The highest BCUT2D eigenvalue weighted by Crippen LogP contribution is 2.19. The van der Waals surface area contributed by atoms with Crippen molar-refractivity contribution in [3.8, 4) is 0 Å². The third-order valence-electron chi connectivity index (χ3n) is 8.64. The number of unbranched alkanes of at least 4 members (excludes halogenated alkanes) is 19. The van der Waals surface area contributed by atoms with E-state index >= 15 is 0 Å². The molecule has 0 saturated carbocycles. The molecule has 0 fully saturated rings. The Bertz CT molecular complexity index is 462. The van der Waals surface area contributed by atoms with E-state index in [2.05, 4.69) is 33.0 Å². The maximum absolute atomic E-state index is 10.1. The standard InChI is InChI=1S/C35H74N2O2/c1-5-8-10-12-14-15-16-17-18-19-20-22-23-25-27-32(4)34(31-38)37-35(7-3)39-33(29-30-36)28-26-24-21-13-11-9-6-2/h32-35,37-38H,5-31,36H2,1-4H3/t32-,33?,34+,35?/m1/s1. The largest absolute Gasteiger partial charge is 0.395 e. The first-order valence-electron chi connectivity index (χ1n) is 17.8. The number of aliphatic hydroxyl groups is 1. The van der Waals surface area contributed by atoms with Gasteiger partial charge in [0.25, 0.3) is 0 Å². The van der Waals surface area contributed by atoms with Crippen molar-refractivity contribution in [2.45, 2.75) is 207 Å². The van der Waals surface area contributed by atoms with E-state index in [0.717, 1.165) is 19.3 Å². The second-order valence-corrected chi connectivity index (χ2v) is 12.5. The Morgan fingerprint density at radius 2 is 1.00 bits per heavy atom. The van der Waals surface area contributed by atoms with Gasteiger partial charge in [-0.1, -0.05) is 163 Å². The zero-order valence-electron chi connectivity index (χ0n) is 27.3. The van der Waals surface area contributed by atoms with Gasteiger partial charge < -0.3 is 15.6 Å². The van der Waals surface area contributed by atoms with Crippen LogP contribution in [-0.4, -0.2) is 36.6 Å². The number of hydrogen-bond acceptors (Lipinski definition) is 4. The third-order valence-corrected chi connectivity index (χ3v) is 8.64. The molecule has 0 amide bonds. The molecule has 2 unspecified atom stereocenters. The van der Waals surface area contributed by atoms with Gasteiger partial charge in [0.05, 0.1) is 12.7 Å². The second-order valence-electron chi connectivity index (χ2n) is 12.5. The number of aliphatic hydroxyl groups excluding tert-OH is 1. The first-order chi connectivity index (χ1) is 19.1. The Balaban J connectivity index is 4.02. The molecule has 0 heterocycles.